The van der Waals surface area contributed by atoms with Crippen molar-refractivity contribution in [1.29, 1.82) is 0 Å². The van der Waals surface area contributed by atoms with Gasteiger partial charge in [0.2, 0.25) is 0 Å². The highest BCUT2D eigenvalue weighted by atomic mass is 32.1. The van der Waals surface area contributed by atoms with Crippen LogP contribution < -0.4 is 5.73 Å². The largest absolute Gasteiger partial charge is 0.376 e. The highest BCUT2D eigenvalue weighted by molar-refractivity contribution is 7.80. The molecule has 0 radical (unpaired) electrons. The van der Waals surface area contributed by atoms with E-state index in [4.69, 9.17) is 18.0 Å². The van der Waals surface area contributed by atoms with Crippen molar-refractivity contribution in [3.8, 4) is 0 Å². The molecule has 0 amide bonds. The van der Waals surface area contributed by atoms with E-state index in [9.17, 15) is 0 Å². The molecule has 2 N–H and O–H groups in total. The topological polar surface area (TPSA) is 29.3 Å². The second kappa shape index (κ2) is 4.62. The number of hydrogen-bond acceptors (Lipinski definition) is 1. The average molecular weight is 220 g/mol. The van der Waals surface area contributed by atoms with Gasteiger partial charge in [-0.1, -0.05) is 30.3 Å². The number of nitrogens with two attached hydrogens (primary N) is 1. The lowest BCUT2D eigenvalue weighted by molar-refractivity contribution is 0.396. The van der Waals surface area contributed by atoms with Crippen molar-refractivity contribution in [3.05, 3.63) is 35.9 Å². The average Bonchev–Trinajstić information content (AvgIpc) is 3.02. The fraction of sp³-hybridized carbons (Fsp3) is 0.417. The van der Waals surface area contributed by atoms with E-state index in [2.05, 4.69) is 17.0 Å². The Kier molecular flexibility index (Phi) is 3.21. The molecule has 1 aromatic rings. The summed E-state index contributed by atoms with van der Waals surface area (Å²) in [4.78, 5) is 2.10. The summed E-state index contributed by atoms with van der Waals surface area (Å²) < 4.78 is 0. The molecule has 0 aliphatic heterocycles. The molecule has 80 valence electrons. The molecule has 0 saturated heterocycles. The zero-order valence-electron chi connectivity index (χ0n) is 8.73. The Bertz CT molecular complexity index is 333. The second-order valence-corrected chi connectivity index (χ2v) is 4.57. The van der Waals surface area contributed by atoms with Crippen LogP contribution in [0.3, 0.4) is 0 Å². The van der Waals surface area contributed by atoms with Crippen LogP contribution in [0.2, 0.25) is 0 Å². The standard InChI is InChI=1S/C12H16N2S/c13-12(15)14(9-11-6-7-11)8-10-4-2-1-3-5-10/h1-5,11H,6-9H2,(H2,13,15). The Morgan fingerprint density at radius 3 is 2.53 bits per heavy atom. The highest BCUT2D eigenvalue weighted by Crippen LogP contribution is 2.30. The molecule has 0 bridgehead atoms. The molecule has 15 heavy (non-hydrogen) atoms. The molecule has 1 aromatic carbocycles. The molecule has 1 aliphatic rings. The fourth-order valence-corrected chi connectivity index (χ4v) is 1.79. The Labute approximate surface area is 96.1 Å². The van der Waals surface area contributed by atoms with Crippen LogP contribution in [0.15, 0.2) is 30.3 Å². The van der Waals surface area contributed by atoms with E-state index in [-0.39, 0.29) is 0 Å². The number of nitrogens with zero attached hydrogens (tertiary/aromatic N) is 1. The summed E-state index contributed by atoms with van der Waals surface area (Å²) in [5.41, 5.74) is 6.99. The summed E-state index contributed by atoms with van der Waals surface area (Å²) in [6.07, 6.45) is 2.65. The number of benzene rings is 1. The van der Waals surface area contributed by atoms with Gasteiger partial charge in [0, 0.05) is 13.1 Å². The molecule has 0 atom stereocenters. The van der Waals surface area contributed by atoms with E-state index in [1.807, 2.05) is 18.2 Å². The van der Waals surface area contributed by atoms with Gasteiger partial charge >= 0.3 is 0 Å². The lowest BCUT2D eigenvalue weighted by Crippen LogP contribution is -2.36. The van der Waals surface area contributed by atoms with Gasteiger partial charge < -0.3 is 10.6 Å². The van der Waals surface area contributed by atoms with Gasteiger partial charge in [-0.05, 0) is 36.5 Å². The third-order valence-corrected chi connectivity index (χ3v) is 2.96. The molecule has 3 heteroatoms. The van der Waals surface area contributed by atoms with E-state index < -0.39 is 0 Å². The monoisotopic (exact) mass is 220 g/mol. The van der Waals surface area contributed by atoms with Gasteiger partial charge in [-0.2, -0.15) is 0 Å². The van der Waals surface area contributed by atoms with Crippen molar-refractivity contribution in [3.63, 3.8) is 0 Å². The van der Waals surface area contributed by atoms with Crippen molar-refractivity contribution in [1.82, 2.24) is 4.90 Å². The van der Waals surface area contributed by atoms with Crippen LogP contribution in [0.1, 0.15) is 18.4 Å². The molecular weight excluding hydrogens is 204 g/mol. The summed E-state index contributed by atoms with van der Waals surface area (Å²) in [5, 5.41) is 0.519. The molecule has 1 aliphatic carbocycles. The number of rotatable bonds is 4. The lowest BCUT2D eigenvalue weighted by Gasteiger charge is -2.22. The zero-order chi connectivity index (χ0) is 10.7. The molecule has 0 heterocycles. The maximum atomic E-state index is 5.72. The van der Waals surface area contributed by atoms with Crippen LogP contribution in [0.5, 0.6) is 0 Å². The molecule has 1 fully saturated rings. The van der Waals surface area contributed by atoms with E-state index in [1.165, 1.54) is 18.4 Å². The summed E-state index contributed by atoms with van der Waals surface area (Å²) in [7, 11) is 0. The summed E-state index contributed by atoms with van der Waals surface area (Å²) in [6, 6.07) is 10.3. The Hall–Kier alpha value is -1.09. The van der Waals surface area contributed by atoms with Crippen LogP contribution in [0, 0.1) is 5.92 Å². The fourth-order valence-electron chi connectivity index (χ4n) is 1.65. The smallest absolute Gasteiger partial charge is 0.166 e. The quantitative estimate of drug-likeness (QED) is 0.788. The molecule has 2 rings (SSSR count). The maximum absolute atomic E-state index is 5.72. The molecular formula is C12H16N2S. The van der Waals surface area contributed by atoms with Gasteiger partial charge in [-0.25, -0.2) is 0 Å². The molecule has 0 aromatic heterocycles. The summed E-state index contributed by atoms with van der Waals surface area (Å²) >= 11 is 5.07. The van der Waals surface area contributed by atoms with E-state index >= 15 is 0 Å². The first-order valence-corrected chi connectivity index (χ1v) is 5.75. The van der Waals surface area contributed by atoms with Gasteiger partial charge in [0.1, 0.15) is 0 Å². The first kappa shape index (κ1) is 10.4. The van der Waals surface area contributed by atoms with Crippen molar-refractivity contribution >= 4 is 17.3 Å². The lowest BCUT2D eigenvalue weighted by atomic mass is 10.2. The summed E-state index contributed by atoms with van der Waals surface area (Å²) in [5.74, 6) is 0.815. The third-order valence-electron chi connectivity index (χ3n) is 2.70. The van der Waals surface area contributed by atoms with Gasteiger partial charge in [-0.15, -0.1) is 0 Å². The third kappa shape index (κ3) is 3.20. The van der Waals surface area contributed by atoms with Gasteiger partial charge in [0.25, 0.3) is 0 Å². The van der Waals surface area contributed by atoms with E-state index in [1.54, 1.807) is 0 Å². The minimum Gasteiger partial charge on any atom is -0.376 e. The van der Waals surface area contributed by atoms with Crippen LogP contribution >= 0.6 is 12.2 Å². The molecule has 2 nitrogen and oxygen atoms in total. The Balaban J connectivity index is 1.96. The van der Waals surface area contributed by atoms with Gasteiger partial charge in [0.05, 0.1) is 0 Å². The van der Waals surface area contributed by atoms with Crippen molar-refractivity contribution in [2.75, 3.05) is 6.54 Å². The van der Waals surface area contributed by atoms with Crippen LogP contribution in [-0.2, 0) is 6.54 Å². The number of thiocarbonyl (C=S) groups is 1. The highest BCUT2D eigenvalue weighted by Gasteiger charge is 2.24. The minimum atomic E-state index is 0.519. The van der Waals surface area contributed by atoms with E-state index in [0.717, 1.165) is 19.0 Å². The summed E-state index contributed by atoms with van der Waals surface area (Å²) in [6.45, 7) is 1.86. The predicted molar refractivity (Wildman–Crippen MR) is 66.4 cm³/mol. The Morgan fingerprint density at radius 2 is 2.00 bits per heavy atom. The first-order chi connectivity index (χ1) is 7.25. The normalized spacial score (nSPS) is 14.9. The van der Waals surface area contributed by atoms with Crippen LogP contribution in [0.4, 0.5) is 0 Å². The second-order valence-electron chi connectivity index (χ2n) is 4.15. The van der Waals surface area contributed by atoms with Crippen LogP contribution in [0.25, 0.3) is 0 Å². The predicted octanol–water partition coefficient (Wildman–Crippen LogP) is 2.14. The van der Waals surface area contributed by atoms with E-state index in [0.29, 0.717) is 5.11 Å². The maximum Gasteiger partial charge on any atom is 0.166 e. The SMILES string of the molecule is NC(=S)N(Cc1ccccc1)CC1CC1. The van der Waals surface area contributed by atoms with Gasteiger partial charge in [-0.3, -0.25) is 0 Å². The zero-order valence-corrected chi connectivity index (χ0v) is 9.54. The van der Waals surface area contributed by atoms with Crippen LogP contribution in [-0.4, -0.2) is 16.6 Å². The molecule has 0 spiro atoms. The minimum absolute atomic E-state index is 0.519. The van der Waals surface area contributed by atoms with Crippen molar-refractivity contribution in [2.45, 2.75) is 19.4 Å². The molecule has 0 unspecified atom stereocenters. The number of hydrogen-bond donors (Lipinski definition) is 1. The van der Waals surface area contributed by atoms with Crippen molar-refractivity contribution in [2.24, 2.45) is 11.7 Å². The first-order valence-electron chi connectivity index (χ1n) is 5.34. The Morgan fingerprint density at radius 1 is 1.33 bits per heavy atom. The van der Waals surface area contributed by atoms with Crippen molar-refractivity contribution < 1.29 is 0 Å². The molecule has 1 saturated carbocycles. The van der Waals surface area contributed by atoms with Gasteiger partial charge in [0.15, 0.2) is 5.11 Å².